The molecule has 4 fully saturated rings. The Hall–Kier alpha value is -1.40. The summed E-state index contributed by atoms with van der Waals surface area (Å²) in [5.41, 5.74) is -1.45. The molecule has 6 heteroatoms. The minimum atomic E-state index is -0.892. The van der Waals surface area contributed by atoms with Crippen LogP contribution in [0.15, 0.2) is 12.7 Å². The van der Waals surface area contributed by atoms with E-state index in [2.05, 4.69) is 13.5 Å². The molecule has 4 bridgehead atoms. The Balaban J connectivity index is 1.72. The maximum absolute atomic E-state index is 13.0. The molecule has 140 valence electrons. The van der Waals surface area contributed by atoms with Crippen molar-refractivity contribution in [3.8, 4) is 0 Å². The number of carbonyl (C=O) groups excluding carboxylic acids is 2. The Morgan fingerprint density at radius 2 is 2.04 bits per heavy atom. The predicted molar refractivity (Wildman–Crippen MR) is 89.4 cm³/mol. The van der Waals surface area contributed by atoms with Gasteiger partial charge >= 0.3 is 11.9 Å². The third-order valence-electron chi connectivity index (χ3n) is 6.39. The lowest BCUT2D eigenvalue weighted by molar-refractivity contribution is -0.222. The van der Waals surface area contributed by atoms with E-state index in [1.54, 1.807) is 0 Å². The minimum Gasteiger partial charge on any atom is -0.458 e. The van der Waals surface area contributed by atoms with Crippen molar-refractivity contribution in [1.29, 1.82) is 0 Å². The average Bonchev–Trinajstić information content (AvgIpc) is 2.55. The highest BCUT2D eigenvalue weighted by Crippen LogP contribution is 2.67. The third-order valence-corrected chi connectivity index (χ3v) is 6.39. The molecule has 4 rings (SSSR count). The molecule has 4 aliphatic rings. The normalized spacial score (nSPS) is 39.7. The first-order chi connectivity index (χ1) is 11.8. The molecule has 0 spiro atoms. The van der Waals surface area contributed by atoms with Gasteiger partial charge in [0.1, 0.15) is 6.61 Å². The van der Waals surface area contributed by atoms with Crippen molar-refractivity contribution >= 4 is 11.9 Å². The number of ether oxygens (including phenoxy) is 2. The zero-order chi connectivity index (χ0) is 18.3. The molecular formula is C19H28O6. The van der Waals surface area contributed by atoms with Crippen LogP contribution in [0.25, 0.3) is 0 Å². The molecule has 0 aliphatic heterocycles. The van der Waals surface area contributed by atoms with E-state index in [0.717, 1.165) is 44.6 Å². The van der Waals surface area contributed by atoms with Gasteiger partial charge in [-0.25, -0.2) is 4.79 Å². The van der Waals surface area contributed by atoms with Crippen molar-refractivity contribution in [1.82, 2.24) is 0 Å². The van der Waals surface area contributed by atoms with Gasteiger partial charge in [0, 0.05) is 6.08 Å². The molecular weight excluding hydrogens is 324 g/mol. The van der Waals surface area contributed by atoms with Crippen LogP contribution >= 0.6 is 0 Å². The van der Waals surface area contributed by atoms with Crippen molar-refractivity contribution in [3.63, 3.8) is 0 Å². The van der Waals surface area contributed by atoms with E-state index in [4.69, 9.17) is 9.47 Å². The standard InChI is InChI=1S/C19H28O6/c1-3-15(21)24-9-14(8-20)25-16(22)18-6-13-5-17(4-2,10-18)11-19(23,7-13)12-18/h3,13-14,20,23H,1,4-12H2,2H3. The van der Waals surface area contributed by atoms with Crippen molar-refractivity contribution < 1.29 is 29.3 Å². The maximum Gasteiger partial charge on any atom is 0.330 e. The molecule has 0 amide bonds. The highest BCUT2D eigenvalue weighted by atomic mass is 16.6. The monoisotopic (exact) mass is 352 g/mol. The molecule has 2 N–H and O–H groups in total. The largest absolute Gasteiger partial charge is 0.458 e. The molecule has 5 atom stereocenters. The number of aliphatic hydroxyl groups excluding tert-OH is 1. The van der Waals surface area contributed by atoms with Gasteiger partial charge < -0.3 is 19.7 Å². The summed E-state index contributed by atoms with van der Waals surface area (Å²) in [4.78, 5) is 24.1. The lowest BCUT2D eigenvalue weighted by atomic mass is 9.42. The van der Waals surface area contributed by atoms with Crippen LogP contribution in [0, 0.1) is 16.7 Å². The van der Waals surface area contributed by atoms with Crippen molar-refractivity contribution in [2.24, 2.45) is 16.7 Å². The molecule has 0 radical (unpaired) electrons. The van der Waals surface area contributed by atoms with Crippen LogP contribution in [0.2, 0.25) is 0 Å². The number of esters is 2. The molecule has 0 saturated heterocycles. The predicted octanol–water partition coefficient (Wildman–Crippen LogP) is 1.73. The lowest BCUT2D eigenvalue weighted by Crippen LogP contribution is -2.62. The van der Waals surface area contributed by atoms with Gasteiger partial charge in [0.2, 0.25) is 0 Å². The van der Waals surface area contributed by atoms with Gasteiger partial charge in [-0.05, 0) is 49.9 Å². The average molecular weight is 352 g/mol. The minimum absolute atomic E-state index is 0.0111. The summed E-state index contributed by atoms with van der Waals surface area (Å²) >= 11 is 0. The van der Waals surface area contributed by atoms with E-state index in [1.807, 2.05) is 0 Å². The number of hydrogen-bond acceptors (Lipinski definition) is 6. The van der Waals surface area contributed by atoms with Gasteiger partial charge in [-0.2, -0.15) is 0 Å². The summed E-state index contributed by atoms with van der Waals surface area (Å²) in [6, 6.07) is 0. The fourth-order valence-corrected chi connectivity index (χ4v) is 5.84. The first kappa shape index (κ1) is 18.4. The highest BCUT2D eigenvalue weighted by molar-refractivity contribution is 5.81. The lowest BCUT2D eigenvalue weighted by Gasteiger charge is -2.64. The Kier molecular flexibility index (Phi) is 4.71. The Labute approximate surface area is 148 Å². The second kappa shape index (κ2) is 6.40. The number of carbonyl (C=O) groups is 2. The van der Waals surface area contributed by atoms with Gasteiger partial charge in [0.25, 0.3) is 0 Å². The van der Waals surface area contributed by atoms with Gasteiger partial charge in [0.15, 0.2) is 6.10 Å². The highest BCUT2D eigenvalue weighted by Gasteiger charge is 2.65. The number of hydrogen-bond donors (Lipinski definition) is 2. The molecule has 4 aliphatic carbocycles. The number of rotatable bonds is 7. The summed E-state index contributed by atoms with van der Waals surface area (Å²) in [5.74, 6) is -0.648. The second-order valence-corrected chi connectivity index (χ2v) is 8.41. The topological polar surface area (TPSA) is 93.1 Å². The van der Waals surface area contributed by atoms with E-state index in [9.17, 15) is 19.8 Å². The van der Waals surface area contributed by atoms with Crippen molar-refractivity contribution in [2.75, 3.05) is 13.2 Å². The smallest absolute Gasteiger partial charge is 0.330 e. The molecule has 6 nitrogen and oxygen atoms in total. The molecule has 25 heavy (non-hydrogen) atoms. The summed E-state index contributed by atoms with van der Waals surface area (Å²) in [6.07, 6.45) is 5.59. The van der Waals surface area contributed by atoms with E-state index < -0.39 is 29.7 Å². The maximum atomic E-state index is 13.0. The molecule has 4 saturated carbocycles. The summed E-state index contributed by atoms with van der Waals surface area (Å²) in [7, 11) is 0. The first-order valence-corrected chi connectivity index (χ1v) is 9.11. The van der Waals surface area contributed by atoms with Crippen LogP contribution in [0.5, 0.6) is 0 Å². The zero-order valence-corrected chi connectivity index (χ0v) is 14.8. The summed E-state index contributed by atoms with van der Waals surface area (Å²) in [5, 5.41) is 20.4. The summed E-state index contributed by atoms with van der Waals surface area (Å²) < 4.78 is 10.4. The third kappa shape index (κ3) is 3.34. The Bertz CT molecular complexity index is 574. The second-order valence-electron chi connectivity index (χ2n) is 8.41. The van der Waals surface area contributed by atoms with Gasteiger partial charge in [0.05, 0.1) is 17.6 Å². The van der Waals surface area contributed by atoms with Crippen molar-refractivity contribution in [2.45, 2.75) is 63.6 Å². The van der Waals surface area contributed by atoms with Crippen LogP contribution < -0.4 is 0 Å². The van der Waals surface area contributed by atoms with Gasteiger partial charge in [-0.15, -0.1) is 0 Å². The molecule has 0 aromatic rings. The molecule has 0 heterocycles. The SMILES string of the molecule is C=CC(=O)OCC(CO)OC(=O)C12CC3CC(O)(CC(CC)(C3)C1)C2. The van der Waals surface area contributed by atoms with Crippen LogP contribution in [-0.4, -0.2) is 47.1 Å². The van der Waals surface area contributed by atoms with Crippen LogP contribution in [0.1, 0.15) is 51.9 Å². The van der Waals surface area contributed by atoms with E-state index in [1.165, 1.54) is 0 Å². The zero-order valence-electron chi connectivity index (χ0n) is 14.8. The molecule has 0 aromatic heterocycles. The number of aliphatic hydroxyl groups is 2. The first-order valence-electron chi connectivity index (χ1n) is 9.11. The van der Waals surface area contributed by atoms with Crippen LogP contribution in [0.3, 0.4) is 0 Å². The van der Waals surface area contributed by atoms with Crippen LogP contribution in [-0.2, 0) is 19.1 Å². The summed E-state index contributed by atoms with van der Waals surface area (Å²) in [6.45, 7) is 4.81. The van der Waals surface area contributed by atoms with E-state index in [-0.39, 0.29) is 18.0 Å². The van der Waals surface area contributed by atoms with Gasteiger partial charge in [-0.1, -0.05) is 19.9 Å². The van der Waals surface area contributed by atoms with E-state index in [0.29, 0.717) is 12.3 Å². The molecule has 5 unspecified atom stereocenters. The fraction of sp³-hybridized carbons (Fsp3) is 0.789. The van der Waals surface area contributed by atoms with Crippen LogP contribution in [0.4, 0.5) is 0 Å². The van der Waals surface area contributed by atoms with Gasteiger partial charge in [-0.3, -0.25) is 4.79 Å². The Morgan fingerprint density at radius 1 is 1.28 bits per heavy atom. The van der Waals surface area contributed by atoms with E-state index >= 15 is 0 Å². The van der Waals surface area contributed by atoms with Crippen molar-refractivity contribution in [3.05, 3.63) is 12.7 Å². The Morgan fingerprint density at radius 3 is 2.64 bits per heavy atom. The molecule has 0 aromatic carbocycles. The fourth-order valence-electron chi connectivity index (χ4n) is 5.84. The quantitative estimate of drug-likeness (QED) is 0.535.